The van der Waals surface area contributed by atoms with Crippen molar-refractivity contribution in [2.75, 3.05) is 20.2 Å². The Hall–Kier alpha value is -1.71. The van der Waals surface area contributed by atoms with E-state index in [4.69, 9.17) is 4.74 Å². The van der Waals surface area contributed by atoms with E-state index in [-0.39, 0.29) is 0 Å². The number of benzene rings is 1. The number of methoxy groups -OCH3 is 1. The molecule has 122 valence electrons. The number of hydrogen-bond donors (Lipinski definition) is 0. The van der Waals surface area contributed by atoms with Gasteiger partial charge in [0.15, 0.2) is 0 Å². The molecule has 0 spiro atoms. The average molecular weight is 310 g/mol. The number of likely N-dealkylation sites (tertiary alicyclic amines) is 1. The average Bonchev–Trinajstić information content (AvgIpc) is 2.56. The minimum absolute atomic E-state index is 0.358. The summed E-state index contributed by atoms with van der Waals surface area (Å²) in [5.74, 6) is 0.543. The first-order chi connectivity index (χ1) is 11.2. The molecule has 3 rings (SSSR count). The smallest absolute Gasteiger partial charge is 0.0627 e. The number of hydrogen-bond acceptors (Lipinski definition) is 3. The van der Waals surface area contributed by atoms with Crippen molar-refractivity contribution in [2.45, 2.75) is 32.4 Å². The largest absolute Gasteiger partial charge is 0.381 e. The third-order valence-electron chi connectivity index (χ3n) is 4.72. The lowest BCUT2D eigenvalue weighted by Gasteiger charge is -2.38. The van der Waals surface area contributed by atoms with Crippen molar-refractivity contribution in [2.24, 2.45) is 5.92 Å². The molecule has 0 N–H and O–H groups in total. The highest BCUT2D eigenvalue weighted by atomic mass is 16.5. The maximum Gasteiger partial charge on any atom is 0.0627 e. The van der Waals surface area contributed by atoms with Crippen molar-refractivity contribution in [3.63, 3.8) is 0 Å². The number of pyridine rings is 1. The predicted octanol–water partition coefficient (Wildman–Crippen LogP) is 3.47. The van der Waals surface area contributed by atoms with Crippen molar-refractivity contribution in [3.8, 4) is 0 Å². The fourth-order valence-electron chi connectivity index (χ4n) is 3.57. The minimum Gasteiger partial charge on any atom is -0.381 e. The van der Waals surface area contributed by atoms with Crippen molar-refractivity contribution in [1.82, 2.24) is 9.88 Å². The van der Waals surface area contributed by atoms with Gasteiger partial charge in [0.25, 0.3) is 0 Å². The molecule has 0 bridgehead atoms. The van der Waals surface area contributed by atoms with Crippen LogP contribution in [0.4, 0.5) is 0 Å². The normalized spacial score (nSPS) is 22.2. The quantitative estimate of drug-likeness (QED) is 0.845. The van der Waals surface area contributed by atoms with E-state index in [1.807, 2.05) is 7.11 Å². The number of ether oxygens (including phenoxy) is 1. The molecule has 1 fully saturated rings. The van der Waals surface area contributed by atoms with Gasteiger partial charge < -0.3 is 4.74 Å². The molecule has 1 saturated heterocycles. The number of piperidine rings is 1. The molecule has 0 radical (unpaired) electrons. The van der Waals surface area contributed by atoms with Gasteiger partial charge in [-0.3, -0.25) is 9.88 Å². The molecule has 23 heavy (non-hydrogen) atoms. The van der Waals surface area contributed by atoms with Gasteiger partial charge in [0, 0.05) is 38.4 Å². The highest BCUT2D eigenvalue weighted by Gasteiger charge is 2.29. The molecule has 0 amide bonds. The second-order valence-corrected chi connectivity index (χ2v) is 6.52. The molecular formula is C20H26N2O. The fraction of sp³-hybridized carbons (Fsp3) is 0.450. The number of nitrogens with zero attached hydrogens (tertiary/aromatic N) is 2. The highest BCUT2D eigenvalue weighted by molar-refractivity contribution is 5.16. The Labute approximate surface area is 139 Å². The van der Waals surface area contributed by atoms with Gasteiger partial charge in [0.05, 0.1) is 11.8 Å². The van der Waals surface area contributed by atoms with Crippen LogP contribution < -0.4 is 0 Å². The van der Waals surface area contributed by atoms with Gasteiger partial charge in [-0.25, -0.2) is 0 Å². The third kappa shape index (κ3) is 4.40. The lowest BCUT2D eigenvalue weighted by atomic mass is 9.88. The summed E-state index contributed by atoms with van der Waals surface area (Å²) >= 11 is 0. The van der Waals surface area contributed by atoms with E-state index in [2.05, 4.69) is 65.3 Å². The molecule has 0 aliphatic carbocycles. The van der Waals surface area contributed by atoms with E-state index < -0.39 is 0 Å². The lowest BCUT2D eigenvalue weighted by molar-refractivity contribution is -0.00878. The zero-order chi connectivity index (χ0) is 16.1. The van der Waals surface area contributed by atoms with Gasteiger partial charge in [-0.1, -0.05) is 36.4 Å². The maximum atomic E-state index is 5.75. The molecule has 3 nitrogen and oxygen atoms in total. The van der Waals surface area contributed by atoms with Crippen LogP contribution in [0.1, 0.15) is 23.4 Å². The Bertz CT molecular complexity index is 614. The molecule has 2 atom stereocenters. The zero-order valence-corrected chi connectivity index (χ0v) is 14.1. The van der Waals surface area contributed by atoms with E-state index in [0.717, 1.165) is 38.2 Å². The highest BCUT2D eigenvalue weighted by Crippen LogP contribution is 2.24. The zero-order valence-electron chi connectivity index (χ0n) is 14.1. The minimum atomic E-state index is 0.358. The molecule has 2 aromatic rings. The standard InChI is InChI=1S/C20H26N2O/c1-16-7-6-10-19(21-16)15-22-12-11-20(23-2)18(14-22)13-17-8-4-3-5-9-17/h3-10,18,20H,11-15H2,1-2H3/t18-,20+/m0/s1. The first kappa shape index (κ1) is 16.2. The van der Waals surface area contributed by atoms with Crippen LogP contribution in [0, 0.1) is 12.8 Å². The summed E-state index contributed by atoms with van der Waals surface area (Å²) in [6.45, 7) is 5.14. The molecule has 1 aliphatic rings. The fourth-order valence-corrected chi connectivity index (χ4v) is 3.57. The molecule has 0 saturated carbocycles. The van der Waals surface area contributed by atoms with Crippen LogP contribution in [0.3, 0.4) is 0 Å². The molecule has 2 heterocycles. The third-order valence-corrected chi connectivity index (χ3v) is 4.72. The van der Waals surface area contributed by atoms with Crippen LogP contribution in [0.25, 0.3) is 0 Å². The summed E-state index contributed by atoms with van der Waals surface area (Å²) in [5.41, 5.74) is 3.66. The Kier molecular flexibility index (Phi) is 5.42. The predicted molar refractivity (Wildman–Crippen MR) is 93.3 cm³/mol. The van der Waals surface area contributed by atoms with E-state index in [1.54, 1.807) is 0 Å². The van der Waals surface area contributed by atoms with E-state index in [0.29, 0.717) is 12.0 Å². The second kappa shape index (κ2) is 7.71. The molecule has 3 heteroatoms. The van der Waals surface area contributed by atoms with Crippen LogP contribution in [0.15, 0.2) is 48.5 Å². The van der Waals surface area contributed by atoms with Crippen molar-refractivity contribution in [1.29, 1.82) is 0 Å². The van der Waals surface area contributed by atoms with Crippen LogP contribution in [0.5, 0.6) is 0 Å². The van der Waals surface area contributed by atoms with Crippen LogP contribution in [-0.2, 0) is 17.7 Å². The van der Waals surface area contributed by atoms with Gasteiger partial charge in [0.2, 0.25) is 0 Å². The SMILES string of the molecule is CO[C@@H]1CCN(Cc2cccc(C)n2)C[C@@H]1Cc1ccccc1. The Morgan fingerprint density at radius 3 is 2.70 bits per heavy atom. The maximum absolute atomic E-state index is 5.75. The summed E-state index contributed by atoms with van der Waals surface area (Å²) in [4.78, 5) is 7.16. The molecular weight excluding hydrogens is 284 g/mol. The van der Waals surface area contributed by atoms with E-state index in [1.165, 1.54) is 11.3 Å². The summed E-state index contributed by atoms with van der Waals surface area (Å²) < 4.78 is 5.75. The number of aryl methyl sites for hydroxylation is 1. The Morgan fingerprint density at radius 1 is 1.13 bits per heavy atom. The van der Waals surface area contributed by atoms with Crippen molar-refractivity contribution >= 4 is 0 Å². The van der Waals surface area contributed by atoms with Gasteiger partial charge in [-0.2, -0.15) is 0 Å². The van der Waals surface area contributed by atoms with Crippen molar-refractivity contribution in [3.05, 3.63) is 65.5 Å². The van der Waals surface area contributed by atoms with E-state index in [9.17, 15) is 0 Å². The summed E-state index contributed by atoms with van der Waals surface area (Å²) in [7, 11) is 1.85. The van der Waals surface area contributed by atoms with E-state index >= 15 is 0 Å². The lowest BCUT2D eigenvalue weighted by Crippen LogP contribution is -2.44. The second-order valence-electron chi connectivity index (χ2n) is 6.52. The molecule has 1 aromatic heterocycles. The Morgan fingerprint density at radius 2 is 1.96 bits per heavy atom. The summed E-state index contributed by atoms with van der Waals surface area (Å²) in [5, 5.41) is 0. The molecule has 1 aliphatic heterocycles. The van der Waals surface area contributed by atoms with Crippen LogP contribution >= 0.6 is 0 Å². The van der Waals surface area contributed by atoms with Gasteiger partial charge in [-0.15, -0.1) is 0 Å². The number of aromatic nitrogens is 1. The first-order valence-electron chi connectivity index (χ1n) is 8.46. The van der Waals surface area contributed by atoms with Gasteiger partial charge in [0.1, 0.15) is 0 Å². The topological polar surface area (TPSA) is 25.4 Å². The summed E-state index contributed by atoms with van der Waals surface area (Å²) in [6.07, 6.45) is 2.54. The van der Waals surface area contributed by atoms with Crippen LogP contribution in [-0.4, -0.2) is 36.2 Å². The van der Waals surface area contributed by atoms with Gasteiger partial charge in [-0.05, 0) is 37.5 Å². The summed E-state index contributed by atoms with van der Waals surface area (Å²) in [6, 6.07) is 17.0. The number of rotatable bonds is 5. The van der Waals surface area contributed by atoms with Gasteiger partial charge >= 0.3 is 0 Å². The van der Waals surface area contributed by atoms with Crippen molar-refractivity contribution < 1.29 is 4.74 Å². The monoisotopic (exact) mass is 310 g/mol. The molecule has 1 aromatic carbocycles. The van der Waals surface area contributed by atoms with Crippen LogP contribution in [0.2, 0.25) is 0 Å². The Balaban J connectivity index is 1.65. The molecule has 0 unspecified atom stereocenters. The first-order valence-corrected chi connectivity index (χ1v) is 8.46.